The normalized spacial score (nSPS) is 15.7. The van der Waals surface area contributed by atoms with Gasteiger partial charge in [0.2, 0.25) is 5.91 Å². The van der Waals surface area contributed by atoms with Crippen LogP contribution in [0, 0.1) is 5.92 Å². The summed E-state index contributed by atoms with van der Waals surface area (Å²) in [6.07, 6.45) is 1.56. The maximum absolute atomic E-state index is 12.7. The molecule has 2 aromatic rings. The number of Topliss-reactive ketones (excluding diaryl/α,β-unsaturated/α-hetero) is 1. The summed E-state index contributed by atoms with van der Waals surface area (Å²) in [5, 5.41) is 0.223. The summed E-state index contributed by atoms with van der Waals surface area (Å²) < 4.78 is 29.4. The first kappa shape index (κ1) is 22.2. The smallest absolute Gasteiger partial charge is 0.347 e. The van der Waals surface area contributed by atoms with Crippen molar-refractivity contribution in [2.45, 2.75) is 45.3 Å². The summed E-state index contributed by atoms with van der Waals surface area (Å²) in [7, 11) is -3.08. The van der Waals surface area contributed by atoms with E-state index in [9.17, 15) is 22.8 Å². The van der Waals surface area contributed by atoms with Crippen molar-refractivity contribution < 1.29 is 22.4 Å². The van der Waals surface area contributed by atoms with Gasteiger partial charge in [0.15, 0.2) is 15.6 Å². The molecule has 0 bridgehead atoms. The van der Waals surface area contributed by atoms with Gasteiger partial charge in [-0.05, 0) is 63.3 Å². The van der Waals surface area contributed by atoms with Crippen molar-refractivity contribution in [3.05, 3.63) is 45.8 Å². The molecule has 2 heterocycles. The summed E-state index contributed by atoms with van der Waals surface area (Å²) in [6, 6.07) is 6.62. The fourth-order valence-electron chi connectivity index (χ4n) is 3.68. The zero-order chi connectivity index (χ0) is 22.1. The summed E-state index contributed by atoms with van der Waals surface area (Å²) in [6.45, 7) is 5.80. The molecule has 1 aromatic heterocycles. The Kier molecular flexibility index (Phi) is 6.45. The first-order chi connectivity index (χ1) is 14.1. The molecule has 0 atom stereocenters. The lowest BCUT2D eigenvalue weighted by molar-refractivity contribution is -0.131. The Bertz CT molecular complexity index is 1120. The lowest BCUT2D eigenvalue weighted by Crippen LogP contribution is -2.41. The summed E-state index contributed by atoms with van der Waals surface area (Å²) >= 11 is 0. The third-order valence-electron chi connectivity index (χ3n) is 5.68. The van der Waals surface area contributed by atoms with Crippen molar-refractivity contribution in [3.63, 3.8) is 0 Å². The Balaban J connectivity index is 1.65. The summed E-state index contributed by atoms with van der Waals surface area (Å²) in [5.41, 5.74) is 0.458. The minimum atomic E-state index is -3.08. The zero-order valence-electron chi connectivity index (χ0n) is 17.5. The molecule has 0 aliphatic carbocycles. The van der Waals surface area contributed by atoms with Gasteiger partial charge >= 0.3 is 5.63 Å². The number of carbonyl (C=O) groups excluding carboxylic acids is 2. The molecule has 7 nitrogen and oxygen atoms in total. The Labute approximate surface area is 176 Å². The number of hydrogen-bond acceptors (Lipinski definition) is 6. The van der Waals surface area contributed by atoms with Crippen LogP contribution >= 0.6 is 0 Å². The van der Waals surface area contributed by atoms with Gasteiger partial charge in [-0.25, -0.2) is 13.2 Å². The molecular formula is C22H27NO6S. The Hall–Kier alpha value is -2.48. The van der Waals surface area contributed by atoms with Gasteiger partial charge in [0, 0.05) is 18.5 Å². The number of rotatable bonds is 6. The molecule has 8 heteroatoms. The van der Waals surface area contributed by atoms with E-state index in [1.165, 1.54) is 13.0 Å². The quantitative estimate of drug-likeness (QED) is 0.513. The third-order valence-corrected chi connectivity index (χ3v) is 8.06. The number of nitrogens with zero attached hydrogens (tertiary/aromatic N) is 1. The van der Waals surface area contributed by atoms with Gasteiger partial charge in [-0.2, -0.15) is 0 Å². The predicted octanol–water partition coefficient (Wildman–Crippen LogP) is 2.60. The van der Waals surface area contributed by atoms with Gasteiger partial charge < -0.3 is 9.32 Å². The second-order valence-corrected chi connectivity index (χ2v) is 10.9. The average Bonchev–Trinajstić information content (AvgIpc) is 2.67. The van der Waals surface area contributed by atoms with E-state index < -0.39 is 15.5 Å². The van der Waals surface area contributed by atoms with E-state index >= 15 is 0 Å². The molecule has 0 spiro atoms. The monoisotopic (exact) mass is 433 g/mol. The number of carbonyl (C=O) groups is 2. The number of likely N-dealkylation sites (tertiary alicyclic amines) is 1. The number of benzene rings is 1. The molecule has 0 saturated carbocycles. The number of piperidine rings is 1. The SMILES string of the molecule is CC(=O)c1cc2cc(CC(=O)N3CCC(CS(=O)(=O)C(C)C)CC3)ccc2oc1=O. The topological polar surface area (TPSA) is 102 Å². The number of sulfone groups is 1. The number of amides is 1. The lowest BCUT2D eigenvalue weighted by atomic mass is 9.98. The van der Waals surface area contributed by atoms with E-state index in [0.717, 1.165) is 5.56 Å². The molecule has 1 aromatic carbocycles. The maximum atomic E-state index is 12.7. The molecule has 0 unspecified atom stereocenters. The molecule has 1 amide bonds. The second kappa shape index (κ2) is 8.71. The Morgan fingerprint density at radius 1 is 1.17 bits per heavy atom. The lowest BCUT2D eigenvalue weighted by Gasteiger charge is -2.32. The van der Waals surface area contributed by atoms with E-state index in [1.54, 1.807) is 36.9 Å². The molecule has 30 heavy (non-hydrogen) atoms. The highest BCUT2D eigenvalue weighted by molar-refractivity contribution is 7.91. The third kappa shape index (κ3) is 4.98. The van der Waals surface area contributed by atoms with Crippen LogP contribution in [0.1, 0.15) is 49.5 Å². The van der Waals surface area contributed by atoms with Crippen LogP contribution in [0.2, 0.25) is 0 Å². The van der Waals surface area contributed by atoms with E-state index in [2.05, 4.69) is 0 Å². The predicted molar refractivity (Wildman–Crippen MR) is 114 cm³/mol. The highest BCUT2D eigenvalue weighted by atomic mass is 32.2. The van der Waals surface area contributed by atoms with E-state index in [-0.39, 0.29) is 40.6 Å². The van der Waals surface area contributed by atoms with E-state index in [1.807, 2.05) is 0 Å². The maximum Gasteiger partial charge on any atom is 0.347 e. The van der Waals surface area contributed by atoms with Crippen LogP contribution in [0.4, 0.5) is 0 Å². The summed E-state index contributed by atoms with van der Waals surface area (Å²) in [4.78, 5) is 37.9. The largest absolute Gasteiger partial charge is 0.422 e. The van der Waals surface area contributed by atoms with Crippen LogP contribution in [0.5, 0.6) is 0 Å². The Morgan fingerprint density at radius 2 is 1.83 bits per heavy atom. The highest BCUT2D eigenvalue weighted by Gasteiger charge is 2.28. The van der Waals surface area contributed by atoms with Crippen molar-refractivity contribution >= 4 is 32.5 Å². The number of hydrogen-bond donors (Lipinski definition) is 0. The second-order valence-electron chi connectivity index (χ2n) is 8.26. The van der Waals surface area contributed by atoms with Crippen molar-refractivity contribution in [1.29, 1.82) is 0 Å². The van der Waals surface area contributed by atoms with Crippen LogP contribution in [-0.4, -0.2) is 49.1 Å². The number of fused-ring (bicyclic) bond motifs is 1. The Morgan fingerprint density at radius 3 is 2.43 bits per heavy atom. The minimum Gasteiger partial charge on any atom is -0.422 e. The molecule has 0 radical (unpaired) electrons. The molecule has 162 valence electrons. The average molecular weight is 434 g/mol. The van der Waals surface area contributed by atoms with Crippen LogP contribution in [0.15, 0.2) is 33.5 Å². The first-order valence-electron chi connectivity index (χ1n) is 10.1. The van der Waals surface area contributed by atoms with Crippen LogP contribution in [-0.2, 0) is 21.1 Å². The van der Waals surface area contributed by atoms with Crippen molar-refractivity contribution in [2.24, 2.45) is 5.92 Å². The molecule has 1 fully saturated rings. The molecule has 1 aliphatic heterocycles. The molecule has 3 rings (SSSR count). The van der Waals surface area contributed by atoms with Gasteiger partial charge in [0.25, 0.3) is 0 Å². The zero-order valence-corrected chi connectivity index (χ0v) is 18.3. The first-order valence-corrected chi connectivity index (χ1v) is 11.9. The summed E-state index contributed by atoms with van der Waals surface area (Å²) in [5.74, 6) is -0.116. The van der Waals surface area contributed by atoms with Crippen LogP contribution in [0.25, 0.3) is 11.0 Å². The van der Waals surface area contributed by atoms with Gasteiger partial charge in [-0.15, -0.1) is 0 Å². The molecule has 1 aliphatic rings. The molecular weight excluding hydrogens is 406 g/mol. The van der Waals surface area contributed by atoms with Gasteiger partial charge in [0.05, 0.1) is 17.4 Å². The van der Waals surface area contributed by atoms with Crippen molar-refractivity contribution in [1.82, 2.24) is 4.90 Å². The van der Waals surface area contributed by atoms with Gasteiger partial charge in [-0.1, -0.05) is 6.07 Å². The standard InChI is InChI=1S/C22H27NO6S/c1-14(2)30(27,28)13-16-6-8-23(9-7-16)21(25)11-17-4-5-20-18(10-17)12-19(15(3)24)22(26)29-20/h4-5,10,12,14,16H,6-9,11,13H2,1-3H3. The minimum absolute atomic E-state index is 0.00982. The van der Waals surface area contributed by atoms with Gasteiger partial charge in [-0.3, -0.25) is 9.59 Å². The molecule has 0 N–H and O–H groups in total. The molecule has 1 saturated heterocycles. The van der Waals surface area contributed by atoms with Crippen LogP contribution < -0.4 is 5.63 Å². The fourth-order valence-corrected chi connectivity index (χ4v) is 5.06. The fraction of sp³-hybridized carbons (Fsp3) is 0.500. The van der Waals surface area contributed by atoms with Crippen LogP contribution in [0.3, 0.4) is 0 Å². The highest BCUT2D eigenvalue weighted by Crippen LogP contribution is 2.22. The number of ketones is 1. The van der Waals surface area contributed by atoms with Crippen molar-refractivity contribution in [2.75, 3.05) is 18.8 Å². The van der Waals surface area contributed by atoms with Gasteiger partial charge in [0.1, 0.15) is 11.1 Å². The van der Waals surface area contributed by atoms with E-state index in [4.69, 9.17) is 4.42 Å². The van der Waals surface area contributed by atoms with Crippen molar-refractivity contribution in [3.8, 4) is 0 Å². The van der Waals surface area contributed by atoms with E-state index in [0.29, 0.717) is 36.9 Å².